The van der Waals surface area contributed by atoms with Crippen molar-refractivity contribution in [2.24, 2.45) is 0 Å². The van der Waals surface area contributed by atoms with E-state index in [2.05, 4.69) is 10.2 Å². The summed E-state index contributed by atoms with van der Waals surface area (Å²) in [7, 11) is 2.01. The van der Waals surface area contributed by atoms with E-state index in [0.29, 0.717) is 12.6 Å². The number of nitrogen functional groups attached to an aromatic ring is 1. The Labute approximate surface area is 116 Å². The van der Waals surface area contributed by atoms with Crippen LogP contribution in [0.4, 0.5) is 24.5 Å². The minimum Gasteiger partial charge on any atom is -0.399 e. The fourth-order valence-corrected chi connectivity index (χ4v) is 2.19. The third kappa shape index (κ3) is 3.56. The van der Waals surface area contributed by atoms with Crippen molar-refractivity contribution in [3.05, 3.63) is 23.8 Å². The average molecular weight is 287 g/mol. The molecule has 6 heteroatoms. The normalized spacial score (nSPS) is 17.3. The van der Waals surface area contributed by atoms with E-state index in [1.54, 1.807) is 0 Å². The predicted octanol–water partition coefficient (Wildman–Crippen LogP) is 3.18. The SMILES string of the molecule is CC(CNc1ccc(N)cc1C(F)(F)F)N(C)C1CC1. The number of nitrogens with two attached hydrogens (primary N) is 1. The third-order valence-corrected chi connectivity index (χ3v) is 3.76. The summed E-state index contributed by atoms with van der Waals surface area (Å²) in [6.45, 7) is 2.48. The zero-order valence-electron chi connectivity index (χ0n) is 11.7. The summed E-state index contributed by atoms with van der Waals surface area (Å²) in [6.07, 6.45) is -2.05. The Morgan fingerprint density at radius 1 is 1.40 bits per heavy atom. The Morgan fingerprint density at radius 2 is 2.05 bits per heavy atom. The Kier molecular flexibility index (Phi) is 4.13. The van der Waals surface area contributed by atoms with Gasteiger partial charge in [-0.15, -0.1) is 0 Å². The number of hydrogen-bond donors (Lipinski definition) is 2. The molecule has 2 rings (SSSR count). The van der Waals surface area contributed by atoms with Crippen LogP contribution < -0.4 is 11.1 Å². The van der Waals surface area contributed by atoms with Gasteiger partial charge in [-0.3, -0.25) is 4.90 Å². The molecule has 1 aromatic rings. The van der Waals surface area contributed by atoms with Gasteiger partial charge in [0.05, 0.1) is 5.56 Å². The standard InChI is InChI=1S/C14H20F3N3/c1-9(20(2)11-4-5-11)8-19-13-6-3-10(18)7-12(13)14(15,16)17/h3,6-7,9,11,19H,4-5,8,18H2,1-2H3. The molecule has 0 spiro atoms. The van der Waals surface area contributed by atoms with Crippen LogP contribution in [-0.2, 0) is 6.18 Å². The van der Waals surface area contributed by atoms with Crippen LogP contribution in [0, 0.1) is 0 Å². The minimum atomic E-state index is -4.40. The molecule has 1 aliphatic rings. The number of anilines is 2. The molecule has 1 aliphatic carbocycles. The largest absolute Gasteiger partial charge is 0.418 e. The molecule has 1 aromatic carbocycles. The van der Waals surface area contributed by atoms with Gasteiger partial charge in [-0.1, -0.05) is 0 Å². The molecule has 1 fully saturated rings. The summed E-state index contributed by atoms with van der Waals surface area (Å²) in [4.78, 5) is 2.21. The number of alkyl halides is 3. The van der Waals surface area contributed by atoms with Crippen LogP contribution in [0.3, 0.4) is 0 Å². The summed E-state index contributed by atoms with van der Waals surface area (Å²) in [6, 6.07) is 4.60. The van der Waals surface area contributed by atoms with Crippen LogP contribution in [0.15, 0.2) is 18.2 Å². The topological polar surface area (TPSA) is 41.3 Å². The molecule has 0 aliphatic heterocycles. The van der Waals surface area contributed by atoms with E-state index in [4.69, 9.17) is 5.73 Å². The van der Waals surface area contributed by atoms with Crippen LogP contribution in [0.25, 0.3) is 0 Å². The molecule has 0 radical (unpaired) electrons. The van der Waals surface area contributed by atoms with Crippen molar-refractivity contribution in [2.75, 3.05) is 24.6 Å². The van der Waals surface area contributed by atoms with Gasteiger partial charge >= 0.3 is 6.18 Å². The van der Waals surface area contributed by atoms with Gasteiger partial charge in [-0.25, -0.2) is 0 Å². The molecule has 1 unspecified atom stereocenters. The minimum absolute atomic E-state index is 0.0859. The number of rotatable bonds is 5. The van der Waals surface area contributed by atoms with Crippen molar-refractivity contribution < 1.29 is 13.2 Å². The van der Waals surface area contributed by atoms with Crippen LogP contribution in [0.1, 0.15) is 25.3 Å². The van der Waals surface area contributed by atoms with E-state index in [0.717, 1.165) is 6.07 Å². The molecule has 3 N–H and O–H groups in total. The van der Waals surface area contributed by atoms with Crippen molar-refractivity contribution in [2.45, 2.75) is 38.0 Å². The number of benzene rings is 1. The molecular formula is C14H20F3N3. The molecule has 112 valence electrons. The molecule has 1 saturated carbocycles. The summed E-state index contributed by atoms with van der Waals surface area (Å²) in [5.74, 6) is 0. The van der Waals surface area contributed by atoms with Gasteiger partial charge in [0.15, 0.2) is 0 Å². The Morgan fingerprint density at radius 3 is 2.60 bits per heavy atom. The molecule has 0 saturated heterocycles. The fourth-order valence-electron chi connectivity index (χ4n) is 2.19. The quantitative estimate of drug-likeness (QED) is 0.817. The molecule has 3 nitrogen and oxygen atoms in total. The smallest absolute Gasteiger partial charge is 0.399 e. The van der Waals surface area contributed by atoms with Gasteiger partial charge in [0, 0.05) is 30.0 Å². The van der Waals surface area contributed by atoms with Gasteiger partial charge < -0.3 is 11.1 Å². The molecule has 0 amide bonds. The third-order valence-electron chi connectivity index (χ3n) is 3.76. The first-order chi connectivity index (χ1) is 9.29. The number of likely N-dealkylation sites (N-methyl/N-ethyl adjacent to an activating group) is 1. The first-order valence-corrected chi connectivity index (χ1v) is 6.71. The Bertz CT molecular complexity index is 469. The zero-order valence-corrected chi connectivity index (χ0v) is 11.7. The maximum absolute atomic E-state index is 12.9. The van der Waals surface area contributed by atoms with Gasteiger partial charge in [-0.2, -0.15) is 13.2 Å². The summed E-state index contributed by atoms with van der Waals surface area (Å²) < 4.78 is 38.8. The van der Waals surface area contributed by atoms with E-state index >= 15 is 0 Å². The first-order valence-electron chi connectivity index (χ1n) is 6.71. The maximum Gasteiger partial charge on any atom is 0.418 e. The number of halogens is 3. The van der Waals surface area contributed by atoms with Crippen molar-refractivity contribution in [3.8, 4) is 0 Å². The fraction of sp³-hybridized carbons (Fsp3) is 0.571. The predicted molar refractivity (Wildman–Crippen MR) is 74.6 cm³/mol. The highest BCUT2D eigenvalue weighted by molar-refractivity contribution is 5.59. The molecule has 0 heterocycles. The Balaban J connectivity index is 2.05. The summed E-state index contributed by atoms with van der Waals surface area (Å²) in [5.41, 5.74) is 4.93. The molecule has 1 atom stereocenters. The van der Waals surface area contributed by atoms with E-state index in [-0.39, 0.29) is 17.4 Å². The number of hydrogen-bond acceptors (Lipinski definition) is 3. The molecule has 0 bridgehead atoms. The van der Waals surface area contributed by atoms with Crippen molar-refractivity contribution >= 4 is 11.4 Å². The second-order valence-electron chi connectivity index (χ2n) is 5.43. The number of nitrogens with one attached hydrogen (secondary N) is 1. The highest BCUT2D eigenvalue weighted by Crippen LogP contribution is 2.36. The van der Waals surface area contributed by atoms with Crippen LogP contribution in [-0.4, -0.2) is 30.6 Å². The second-order valence-corrected chi connectivity index (χ2v) is 5.43. The molecule has 20 heavy (non-hydrogen) atoms. The van der Waals surface area contributed by atoms with Crippen LogP contribution in [0.2, 0.25) is 0 Å². The molecule has 0 aromatic heterocycles. The average Bonchev–Trinajstić information content (AvgIpc) is 3.19. The Hall–Kier alpha value is -1.43. The summed E-state index contributed by atoms with van der Waals surface area (Å²) >= 11 is 0. The van der Waals surface area contributed by atoms with E-state index in [1.807, 2.05) is 14.0 Å². The second kappa shape index (κ2) is 5.52. The lowest BCUT2D eigenvalue weighted by Gasteiger charge is -2.26. The first kappa shape index (κ1) is 15.0. The van der Waals surface area contributed by atoms with Gasteiger partial charge in [0.25, 0.3) is 0 Å². The highest BCUT2D eigenvalue weighted by atomic mass is 19.4. The van der Waals surface area contributed by atoms with E-state index in [9.17, 15) is 13.2 Å². The van der Waals surface area contributed by atoms with Crippen molar-refractivity contribution in [1.29, 1.82) is 0 Å². The number of nitrogens with zero attached hydrogens (tertiary/aromatic N) is 1. The van der Waals surface area contributed by atoms with E-state index in [1.165, 1.54) is 25.0 Å². The van der Waals surface area contributed by atoms with Gasteiger partial charge in [0.2, 0.25) is 0 Å². The lowest BCUT2D eigenvalue weighted by molar-refractivity contribution is -0.136. The van der Waals surface area contributed by atoms with Crippen LogP contribution in [0.5, 0.6) is 0 Å². The lowest BCUT2D eigenvalue weighted by Crippen LogP contribution is -2.36. The van der Waals surface area contributed by atoms with E-state index < -0.39 is 11.7 Å². The van der Waals surface area contributed by atoms with Gasteiger partial charge in [0.1, 0.15) is 0 Å². The summed E-state index contributed by atoms with van der Waals surface area (Å²) in [5, 5.41) is 2.89. The lowest BCUT2D eigenvalue weighted by atomic mass is 10.1. The van der Waals surface area contributed by atoms with Crippen molar-refractivity contribution in [3.63, 3.8) is 0 Å². The van der Waals surface area contributed by atoms with Crippen LogP contribution >= 0.6 is 0 Å². The highest BCUT2D eigenvalue weighted by Gasteiger charge is 2.34. The molecular weight excluding hydrogens is 267 g/mol. The zero-order chi connectivity index (χ0) is 14.9. The van der Waals surface area contributed by atoms with Gasteiger partial charge in [-0.05, 0) is 45.0 Å². The maximum atomic E-state index is 12.9. The van der Waals surface area contributed by atoms with Crippen molar-refractivity contribution in [1.82, 2.24) is 4.90 Å². The monoisotopic (exact) mass is 287 g/mol.